The molecule has 0 unspecified atom stereocenters. The molecule has 0 N–H and O–H groups in total. The summed E-state index contributed by atoms with van der Waals surface area (Å²) in [5, 5.41) is 4.26. The van der Waals surface area contributed by atoms with Gasteiger partial charge in [-0.15, -0.1) is 5.10 Å². The fourth-order valence-electron chi connectivity index (χ4n) is 2.58. The normalized spacial score (nSPS) is 11.8. The van der Waals surface area contributed by atoms with Crippen LogP contribution in [0.1, 0.15) is 5.56 Å². The Bertz CT molecular complexity index is 1230. The molecule has 4 rings (SSSR count). The van der Waals surface area contributed by atoms with E-state index in [1.807, 2.05) is 24.3 Å². The molecular formula is C20H14FN3O2S. The van der Waals surface area contributed by atoms with Gasteiger partial charge in [0.25, 0.3) is 5.56 Å². The van der Waals surface area contributed by atoms with Crippen molar-refractivity contribution in [3.8, 4) is 17.1 Å². The van der Waals surface area contributed by atoms with Crippen molar-refractivity contribution in [1.82, 2.24) is 14.6 Å². The Kier molecular flexibility index (Phi) is 4.52. The molecule has 2 aromatic carbocycles. The SMILES string of the molecule is C=CCOc1ccccc1/C=c1/sc2nc(-c3ccc(F)cc3)nn2c1=O. The van der Waals surface area contributed by atoms with Gasteiger partial charge in [0.05, 0.1) is 4.53 Å². The molecule has 0 bridgehead atoms. The van der Waals surface area contributed by atoms with Crippen LogP contribution in [0.2, 0.25) is 0 Å². The Labute approximate surface area is 157 Å². The van der Waals surface area contributed by atoms with Crippen molar-refractivity contribution in [2.45, 2.75) is 0 Å². The standard InChI is InChI=1S/C20H14FN3O2S/c1-2-11-26-16-6-4-3-5-14(16)12-17-19(25)24-20(27-17)22-18(23-24)13-7-9-15(21)10-8-13/h2-10,12H,1,11H2/b17-12+. The molecule has 0 aliphatic rings. The van der Waals surface area contributed by atoms with E-state index in [2.05, 4.69) is 16.7 Å². The highest BCUT2D eigenvalue weighted by atomic mass is 32.1. The molecule has 7 heteroatoms. The van der Waals surface area contributed by atoms with E-state index in [0.717, 1.165) is 5.56 Å². The van der Waals surface area contributed by atoms with Crippen LogP contribution in [0.5, 0.6) is 5.75 Å². The second kappa shape index (κ2) is 7.13. The third-order valence-corrected chi connectivity index (χ3v) is 4.81. The van der Waals surface area contributed by atoms with Crippen LogP contribution in [-0.4, -0.2) is 21.2 Å². The summed E-state index contributed by atoms with van der Waals surface area (Å²) in [5.74, 6) is 0.723. The quantitative estimate of drug-likeness (QED) is 0.500. The van der Waals surface area contributed by atoms with Crippen molar-refractivity contribution >= 4 is 22.4 Å². The van der Waals surface area contributed by atoms with Gasteiger partial charge in [0.15, 0.2) is 5.82 Å². The predicted octanol–water partition coefficient (Wildman–Crippen LogP) is 3.07. The summed E-state index contributed by atoms with van der Waals surface area (Å²) in [6.07, 6.45) is 3.43. The topological polar surface area (TPSA) is 56.5 Å². The molecule has 2 heterocycles. The molecule has 0 amide bonds. The largest absolute Gasteiger partial charge is 0.489 e. The van der Waals surface area contributed by atoms with E-state index in [1.54, 1.807) is 24.3 Å². The number of hydrogen-bond donors (Lipinski definition) is 0. The van der Waals surface area contributed by atoms with E-state index >= 15 is 0 Å². The Hall–Kier alpha value is -3.32. The van der Waals surface area contributed by atoms with E-state index in [0.29, 0.717) is 33.2 Å². The summed E-state index contributed by atoms with van der Waals surface area (Å²) in [5.41, 5.74) is 1.19. The van der Waals surface area contributed by atoms with Gasteiger partial charge in [-0.3, -0.25) is 4.79 Å². The molecule has 0 aliphatic carbocycles. The number of para-hydroxylation sites is 1. The number of benzene rings is 2. The number of halogens is 1. The van der Waals surface area contributed by atoms with Crippen molar-refractivity contribution in [2.75, 3.05) is 6.61 Å². The average molecular weight is 379 g/mol. The molecule has 0 atom stereocenters. The molecule has 0 spiro atoms. The number of thiazole rings is 1. The number of ether oxygens (including phenoxy) is 1. The van der Waals surface area contributed by atoms with E-state index in [1.165, 1.54) is 28.0 Å². The smallest absolute Gasteiger partial charge is 0.291 e. The molecule has 2 aromatic heterocycles. The predicted molar refractivity (Wildman–Crippen MR) is 103 cm³/mol. The molecule has 134 valence electrons. The van der Waals surface area contributed by atoms with E-state index < -0.39 is 0 Å². The minimum atomic E-state index is -0.335. The lowest BCUT2D eigenvalue weighted by molar-refractivity contribution is 0.362. The van der Waals surface area contributed by atoms with Crippen LogP contribution in [0.4, 0.5) is 4.39 Å². The lowest BCUT2D eigenvalue weighted by atomic mass is 10.2. The first-order valence-electron chi connectivity index (χ1n) is 8.15. The number of rotatable bonds is 5. The summed E-state index contributed by atoms with van der Waals surface area (Å²) >= 11 is 1.24. The first-order chi connectivity index (χ1) is 13.2. The summed E-state index contributed by atoms with van der Waals surface area (Å²) in [6, 6.07) is 13.3. The van der Waals surface area contributed by atoms with E-state index in [-0.39, 0.29) is 11.4 Å². The van der Waals surface area contributed by atoms with Gasteiger partial charge >= 0.3 is 0 Å². The minimum Gasteiger partial charge on any atom is -0.489 e. The first-order valence-corrected chi connectivity index (χ1v) is 8.97. The monoisotopic (exact) mass is 379 g/mol. The highest BCUT2D eigenvalue weighted by molar-refractivity contribution is 7.15. The highest BCUT2D eigenvalue weighted by Gasteiger charge is 2.12. The van der Waals surface area contributed by atoms with Gasteiger partial charge in [0, 0.05) is 11.1 Å². The van der Waals surface area contributed by atoms with Gasteiger partial charge in [-0.25, -0.2) is 4.39 Å². The lowest BCUT2D eigenvalue weighted by Gasteiger charge is -2.05. The summed E-state index contributed by atoms with van der Waals surface area (Å²) < 4.78 is 20.5. The third-order valence-electron chi connectivity index (χ3n) is 3.85. The number of aromatic nitrogens is 3. The molecule has 4 aromatic rings. The van der Waals surface area contributed by atoms with E-state index in [9.17, 15) is 9.18 Å². The Morgan fingerprint density at radius 3 is 2.70 bits per heavy atom. The van der Waals surface area contributed by atoms with Crippen LogP contribution < -0.4 is 14.8 Å². The van der Waals surface area contributed by atoms with Crippen LogP contribution in [0.15, 0.2) is 66.0 Å². The van der Waals surface area contributed by atoms with Gasteiger partial charge in [-0.2, -0.15) is 9.50 Å². The molecule has 0 radical (unpaired) electrons. The van der Waals surface area contributed by atoms with Gasteiger partial charge < -0.3 is 4.74 Å². The van der Waals surface area contributed by atoms with Crippen LogP contribution in [0.3, 0.4) is 0 Å². The lowest BCUT2D eigenvalue weighted by Crippen LogP contribution is -2.23. The summed E-state index contributed by atoms with van der Waals surface area (Å²) in [6.45, 7) is 4.02. The second-order valence-corrected chi connectivity index (χ2v) is 6.70. The molecule has 0 saturated carbocycles. The second-order valence-electron chi connectivity index (χ2n) is 5.69. The molecule has 5 nitrogen and oxygen atoms in total. The van der Waals surface area contributed by atoms with Crippen molar-refractivity contribution in [3.05, 3.63) is 87.5 Å². The maximum absolute atomic E-state index is 13.1. The summed E-state index contributed by atoms with van der Waals surface area (Å²) in [7, 11) is 0. The Balaban J connectivity index is 1.76. The van der Waals surface area contributed by atoms with Crippen molar-refractivity contribution in [2.24, 2.45) is 0 Å². The van der Waals surface area contributed by atoms with Gasteiger partial charge in [0.1, 0.15) is 18.2 Å². The molecule has 0 saturated heterocycles. The maximum Gasteiger partial charge on any atom is 0.291 e. The average Bonchev–Trinajstić information content (AvgIpc) is 3.21. The minimum absolute atomic E-state index is 0.255. The molecule has 0 fully saturated rings. The maximum atomic E-state index is 13.1. The zero-order valence-corrected chi connectivity index (χ0v) is 14.9. The first kappa shape index (κ1) is 17.1. The number of fused-ring (bicyclic) bond motifs is 1. The molecule has 0 aliphatic heterocycles. The van der Waals surface area contributed by atoms with Crippen LogP contribution in [0.25, 0.3) is 22.4 Å². The summed E-state index contributed by atoms with van der Waals surface area (Å²) in [4.78, 5) is 17.6. The van der Waals surface area contributed by atoms with Crippen LogP contribution in [0, 0.1) is 5.82 Å². The highest BCUT2D eigenvalue weighted by Crippen LogP contribution is 2.19. The fourth-order valence-corrected chi connectivity index (χ4v) is 3.47. The van der Waals surface area contributed by atoms with E-state index in [4.69, 9.17) is 4.74 Å². The van der Waals surface area contributed by atoms with Crippen molar-refractivity contribution in [3.63, 3.8) is 0 Å². The number of hydrogen-bond acceptors (Lipinski definition) is 5. The fraction of sp³-hybridized carbons (Fsp3) is 0.0500. The van der Waals surface area contributed by atoms with Crippen LogP contribution >= 0.6 is 11.3 Å². The van der Waals surface area contributed by atoms with Gasteiger partial charge in [-0.1, -0.05) is 42.2 Å². The van der Waals surface area contributed by atoms with Crippen molar-refractivity contribution < 1.29 is 9.13 Å². The zero-order valence-electron chi connectivity index (χ0n) is 14.1. The van der Waals surface area contributed by atoms with Gasteiger partial charge in [-0.05, 0) is 36.4 Å². The molecule has 27 heavy (non-hydrogen) atoms. The molecular weight excluding hydrogens is 365 g/mol. The van der Waals surface area contributed by atoms with Crippen LogP contribution in [-0.2, 0) is 0 Å². The Morgan fingerprint density at radius 2 is 1.96 bits per heavy atom. The third kappa shape index (κ3) is 3.37. The zero-order chi connectivity index (χ0) is 18.8. The number of nitrogens with zero attached hydrogens (tertiary/aromatic N) is 3. The van der Waals surface area contributed by atoms with Gasteiger partial charge in [0.2, 0.25) is 4.96 Å². The Morgan fingerprint density at radius 1 is 1.19 bits per heavy atom. The van der Waals surface area contributed by atoms with Crippen molar-refractivity contribution in [1.29, 1.82) is 0 Å².